The largest absolute Gasteiger partial charge is 0.392 e. The molecule has 1 heterocycles. The number of hydrogen-bond acceptors (Lipinski definition) is 2. The van der Waals surface area contributed by atoms with Crippen LogP contribution in [0.5, 0.6) is 0 Å². The van der Waals surface area contributed by atoms with Crippen molar-refractivity contribution in [3.05, 3.63) is 65.2 Å². The molecule has 0 radical (unpaired) electrons. The van der Waals surface area contributed by atoms with Crippen LogP contribution in [0.25, 0.3) is 0 Å². The predicted molar refractivity (Wildman–Crippen MR) is 109 cm³/mol. The Labute approximate surface area is 157 Å². The van der Waals surface area contributed by atoms with Crippen LogP contribution in [0.2, 0.25) is 0 Å². The second kappa shape index (κ2) is 8.05. The first-order chi connectivity index (χ1) is 12.5. The molecule has 0 fully saturated rings. The number of benzene rings is 2. The van der Waals surface area contributed by atoms with E-state index < -0.39 is 0 Å². The standard InChI is InChI=1S/C23H31N2O/c1-17(2)20-11-8-12-21(18(3)4)23(20)25-14-13-24(16-25)22(15-26)19-9-6-5-7-10-19/h5-12,16-18,22,26H,13-15H2,1-4H3/q+1/t22-/m1/s1. The van der Waals surface area contributed by atoms with Gasteiger partial charge in [-0.1, -0.05) is 76.2 Å². The molecule has 0 unspecified atom stereocenters. The van der Waals surface area contributed by atoms with Gasteiger partial charge in [0.1, 0.15) is 24.8 Å². The van der Waals surface area contributed by atoms with Gasteiger partial charge in [0, 0.05) is 11.1 Å². The van der Waals surface area contributed by atoms with Gasteiger partial charge >= 0.3 is 0 Å². The Balaban J connectivity index is 1.99. The highest BCUT2D eigenvalue weighted by atomic mass is 16.3. The third-order valence-corrected chi connectivity index (χ3v) is 5.27. The number of nitrogens with zero attached hydrogens (tertiary/aromatic N) is 2. The topological polar surface area (TPSA) is 26.5 Å². The highest BCUT2D eigenvalue weighted by Crippen LogP contribution is 2.35. The zero-order valence-corrected chi connectivity index (χ0v) is 16.4. The summed E-state index contributed by atoms with van der Waals surface area (Å²) in [5, 5.41) is 10.0. The van der Waals surface area contributed by atoms with Gasteiger partial charge < -0.3 is 5.11 Å². The molecule has 138 valence electrons. The summed E-state index contributed by atoms with van der Waals surface area (Å²) >= 11 is 0. The highest BCUT2D eigenvalue weighted by molar-refractivity contribution is 5.81. The Hall–Kier alpha value is -2.13. The third kappa shape index (κ3) is 3.68. The summed E-state index contributed by atoms with van der Waals surface area (Å²) in [6, 6.07) is 17.0. The predicted octanol–water partition coefficient (Wildman–Crippen LogP) is 4.53. The third-order valence-electron chi connectivity index (χ3n) is 5.27. The lowest BCUT2D eigenvalue weighted by Crippen LogP contribution is -2.23. The summed E-state index contributed by atoms with van der Waals surface area (Å²) in [7, 11) is 0. The first kappa shape index (κ1) is 18.7. The molecule has 0 saturated heterocycles. The maximum Gasteiger partial charge on any atom is 0.240 e. The van der Waals surface area contributed by atoms with Crippen molar-refractivity contribution in [3.63, 3.8) is 0 Å². The Bertz CT molecular complexity index is 739. The van der Waals surface area contributed by atoms with Crippen LogP contribution in [-0.4, -0.2) is 35.7 Å². The van der Waals surface area contributed by atoms with E-state index >= 15 is 0 Å². The Morgan fingerprint density at radius 3 is 2.08 bits per heavy atom. The van der Waals surface area contributed by atoms with Crippen LogP contribution in [-0.2, 0) is 0 Å². The van der Waals surface area contributed by atoms with Gasteiger partial charge in [-0.25, -0.2) is 4.90 Å². The van der Waals surface area contributed by atoms with Crippen molar-refractivity contribution < 1.29 is 9.68 Å². The molecule has 0 bridgehead atoms. The van der Waals surface area contributed by atoms with E-state index in [2.05, 4.69) is 73.8 Å². The van der Waals surface area contributed by atoms with E-state index in [1.165, 1.54) is 16.8 Å². The molecule has 3 rings (SSSR count). The fraction of sp³-hybridized carbons (Fsp3) is 0.435. The van der Waals surface area contributed by atoms with Gasteiger partial charge in [0.2, 0.25) is 6.34 Å². The molecule has 2 aromatic rings. The normalized spacial score (nSPS) is 15.7. The molecule has 1 aliphatic rings. The molecule has 1 atom stereocenters. The molecular formula is C23H31N2O+. The van der Waals surface area contributed by atoms with Gasteiger partial charge in [-0.2, -0.15) is 0 Å². The number of rotatable bonds is 6. The average Bonchev–Trinajstić information content (AvgIpc) is 3.12. The maximum atomic E-state index is 10.0. The van der Waals surface area contributed by atoms with E-state index in [0.29, 0.717) is 11.8 Å². The highest BCUT2D eigenvalue weighted by Gasteiger charge is 2.31. The lowest BCUT2D eigenvalue weighted by atomic mass is 9.92. The minimum atomic E-state index is 0.00918. The van der Waals surface area contributed by atoms with Crippen molar-refractivity contribution in [2.75, 3.05) is 24.6 Å². The molecule has 1 aliphatic heterocycles. The molecular weight excluding hydrogens is 320 g/mol. The number of aliphatic hydroxyl groups excluding tert-OH is 1. The van der Waals surface area contributed by atoms with E-state index in [-0.39, 0.29) is 12.6 Å². The van der Waals surface area contributed by atoms with E-state index in [9.17, 15) is 5.11 Å². The minimum Gasteiger partial charge on any atom is -0.392 e. The average molecular weight is 352 g/mol. The van der Waals surface area contributed by atoms with Crippen molar-refractivity contribution in [3.8, 4) is 0 Å². The molecule has 3 heteroatoms. The summed E-state index contributed by atoms with van der Waals surface area (Å²) < 4.78 is 2.27. The fourth-order valence-electron chi connectivity index (χ4n) is 3.84. The first-order valence-corrected chi connectivity index (χ1v) is 9.69. The minimum absolute atomic E-state index is 0.00918. The lowest BCUT2D eigenvalue weighted by molar-refractivity contribution is -0.562. The van der Waals surface area contributed by atoms with Crippen molar-refractivity contribution in [1.29, 1.82) is 0 Å². The lowest BCUT2D eigenvalue weighted by Gasteiger charge is -2.20. The van der Waals surface area contributed by atoms with Gasteiger partial charge in [0.25, 0.3) is 0 Å². The fourth-order valence-corrected chi connectivity index (χ4v) is 3.84. The molecule has 0 spiro atoms. The van der Waals surface area contributed by atoms with E-state index in [4.69, 9.17) is 0 Å². The van der Waals surface area contributed by atoms with Crippen LogP contribution in [0.3, 0.4) is 0 Å². The molecule has 26 heavy (non-hydrogen) atoms. The molecule has 0 amide bonds. The second-order valence-electron chi connectivity index (χ2n) is 7.75. The maximum absolute atomic E-state index is 10.0. The molecule has 0 aliphatic carbocycles. The van der Waals surface area contributed by atoms with Gasteiger partial charge in [0.05, 0.1) is 6.61 Å². The van der Waals surface area contributed by atoms with Gasteiger partial charge in [0.15, 0.2) is 0 Å². The molecule has 2 aromatic carbocycles. The Morgan fingerprint density at radius 2 is 1.54 bits per heavy atom. The Kier molecular flexibility index (Phi) is 5.77. The van der Waals surface area contributed by atoms with Gasteiger partial charge in [-0.15, -0.1) is 0 Å². The molecule has 1 N–H and O–H groups in total. The number of aliphatic hydroxyl groups is 1. The van der Waals surface area contributed by atoms with Crippen LogP contribution in [0.4, 0.5) is 5.69 Å². The summed E-state index contributed by atoms with van der Waals surface area (Å²) in [6.45, 7) is 11.0. The van der Waals surface area contributed by atoms with Crippen LogP contribution in [0.15, 0.2) is 48.5 Å². The number of para-hydroxylation sites is 1. The quantitative estimate of drug-likeness (QED) is 0.774. The van der Waals surface area contributed by atoms with E-state index in [1.54, 1.807) is 0 Å². The van der Waals surface area contributed by atoms with E-state index in [1.807, 2.05) is 18.2 Å². The summed E-state index contributed by atoms with van der Waals surface area (Å²) in [6.07, 6.45) is 2.21. The molecule has 0 aromatic heterocycles. The number of anilines is 1. The van der Waals surface area contributed by atoms with Gasteiger partial charge in [-0.3, -0.25) is 4.58 Å². The van der Waals surface area contributed by atoms with Crippen molar-refractivity contribution in [2.24, 2.45) is 0 Å². The summed E-state index contributed by atoms with van der Waals surface area (Å²) in [5.74, 6) is 0.961. The van der Waals surface area contributed by atoms with Crippen molar-refractivity contribution in [2.45, 2.75) is 45.6 Å². The van der Waals surface area contributed by atoms with Crippen molar-refractivity contribution >= 4 is 12.0 Å². The summed E-state index contributed by atoms with van der Waals surface area (Å²) in [5.41, 5.74) is 5.31. The van der Waals surface area contributed by atoms with Gasteiger partial charge in [-0.05, 0) is 17.4 Å². The van der Waals surface area contributed by atoms with Crippen molar-refractivity contribution in [1.82, 2.24) is 0 Å². The summed E-state index contributed by atoms with van der Waals surface area (Å²) in [4.78, 5) is 2.39. The zero-order chi connectivity index (χ0) is 18.7. The SMILES string of the molecule is CC(C)c1cccc(C(C)C)c1N1C=[N+]([C@H](CO)c2ccccc2)CC1. The Morgan fingerprint density at radius 1 is 0.923 bits per heavy atom. The van der Waals surface area contributed by atoms with Crippen LogP contribution in [0.1, 0.15) is 62.3 Å². The van der Waals surface area contributed by atoms with E-state index in [0.717, 1.165) is 18.7 Å². The molecule has 3 nitrogen and oxygen atoms in total. The smallest absolute Gasteiger partial charge is 0.240 e. The monoisotopic (exact) mass is 351 g/mol. The molecule has 0 saturated carbocycles. The number of hydrogen-bond donors (Lipinski definition) is 1. The zero-order valence-electron chi connectivity index (χ0n) is 16.4. The van der Waals surface area contributed by atoms with Crippen LogP contribution >= 0.6 is 0 Å². The van der Waals surface area contributed by atoms with Crippen LogP contribution in [0, 0.1) is 0 Å². The first-order valence-electron chi connectivity index (χ1n) is 9.69. The second-order valence-corrected chi connectivity index (χ2v) is 7.75. The van der Waals surface area contributed by atoms with Crippen LogP contribution < -0.4 is 4.90 Å².